The van der Waals surface area contributed by atoms with Crippen molar-refractivity contribution in [2.24, 2.45) is 11.7 Å². The zero-order valence-electron chi connectivity index (χ0n) is 5.78. The van der Waals surface area contributed by atoms with Crippen molar-refractivity contribution in [3.05, 3.63) is 0 Å². The number of aliphatic carboxylic acids is 2. The summed E-state index contributed by atoms with van der Waals surface area (Å²) in [6.07, 6.45) is 0.0787. The van der Waals surface area contributed by atoms with E-state index in [2.05, 4.69) is 0 Å². The van der Waals surface area contributed by atoms with Crippen LogP contribution in [0.5, 0.6) is 0 Å². The highest BCUT2D eigenvalue weighted by atomic mass is 16.4. The molecule has 0 spiro atoms. The highest BCUT2D eigenvalue weighted by molar-refractivity contribution is 5.84. The van der Waals surface area contributed by atoms with E-state index in [1.807, 2.05) is 0 Å². The first-order valence-corrected chi connectivity index (χ1v) is 3.21. The van der Waals surface area contributed by atoms with E-state index >= 15 is 0 Å². The van der Waals surface area contributed by atoms with Crippen LogP contribution in [0.2, 0.25) is 0 Å². The van der Waals surface area contributed by atoms with Gasteiger partial charge in [-0.2, -0.15) is 0 Å². The van der Waals surface area contributed by atoms with E-state index in [1.54, 1.807) is 0 Å². The molecule has 11 heavy (non-hydrogen) atoms. The van der Waals surface area contributed by atoms with E-state index in [1.165, 1.54) is 0 Å². The minimum atomic E-state index is -1.29. The molecular formula is C6H9NO4. The number of carbonyl (C=O) groups is 2. The molecule has 5 heteroatoms. The molecule has 0 bridgehead atoms. The molecule has 1 aliphatic rings. The van der Waals surface area contributed by atoms with Gasteiger partial charge in [0.25, 0.3) is 0 Å². The molecule has 0 saturated heterocycles. The maximum atomic E-state index is 10.4. The van der Waals surface area contributed by atoms with E-state index in [9.17, 15) is 9.59 Å². The van der Waals surface area contributed by atoms with Crippen LogP contribution < -0.4 is 5.73 Å². The van der Waals surface area contributed by atoms with Gasteiger partial charge in [-0.1, -0.05) is 0 Å². The van der Waals surface area contributed by atoms with Gasteiger partial charge in [-0.25, -0.2) is 0 Å². The summed E-state index contributed by atoms with van der Waals surface area (Å²) in [6, 6.07) is 0. The van der Waals surface area contributed by atoms with Gasteiger partial charge in [0, 0.05) is 0 Å². The number of carboxylic acids is 2. The quantitative estimate of drug-likeness (QED) is 0.492. The molecule has 0 radical (unpaired) electrons. The molecule has 5 nitrogen and oxygen atoms in total. The number of rotatable bonds is 2. The van der Waals surface area contributed by atoms with Gasteiger partial charge in [0.2, 0.25) is 0 Å². The van der Waals surface area contributed by atoms with Crippen LogP contribution >= 0.6 is 0 Å². The van der Waals surface area contributed by atoms with Crippen LogP contribution in [0.25, 0.3) is 0 Å². The van der Waals surface area contributed by atoms with Gasteiger partial charge in [-0.05, 0) is 12.8 Å². The zero-order valence-corrected chi connectivity index (χ0v) is 5.78. The lowest BCUT2D eigenvalue weighted by Gasteiger charge is -2.38. The number of carboxylic acid groups (broad SMARTS) is 2. The minimum absolute atomic E-state index is 0.0394. The van der Waals surface area contributed by atoms with E-state index in [0.717, 1.165) is 0 Å². The van der Waals surface area contributed by atoms with Crippen LogP contribution in [0.4, 0.5) is 0 Å². The molecule has 1 aliphatic carbocycles. The van der Waals surface area contributed by atoms with Crippen LogP contribution in [-0.4, -0.2) is 27.7 Å². The molecule has 1 saturated carbocycles. The second-order valence-corrected chi connectivity index (χ2v) is 2.90. The Morgan fingerprint density at radius 2 is 1.82 bits per heavy atom. The van der Waals surface area contributed by atoms with Crippen LogP contribution in [0.15, 0.2) is 0 Å². The van der Waals surface area contributed by atoms with Gasteiger partial charge < -0.3 is 15.9 Å². The first kappa shape index (κ1) is 8.00. The van der Waals surface area contributed by atoms with E-state index in [0.29, 0.717) is 0 Å². The highest BCUT2D eigenvalue weighted by Gasteiger charge is 2.50. The van der Waals surface area contributed by atoms with Crippen molar-refractivity contribution < 1.29 is 19.8 Å². The molecule has 1 rings (SSSR count). The average molecular weight is 159 g/mol. The second kappa shape index (κ2) is 2.20. The first-order chi connectivity index (χ1) is 4.96. The molecule has 4 N–H and O–H groups in total. The van der Waals surface area contributed by atoms with Crippen LogP contribution in [0.1, 0.15) is 12.8 Å². The third kappa shape index (κ3) is 1.19. The summed E-state index contributed by atoms with van der Waals surface area (Å²) in [5, 5.41) is 16.9. The summed E-state index contributed by atoms with van der Waals surface area (Å²) >= 11 is 0. The number of nitrogens with two attached hydrogens (primary N) is 1. The van der Waals surface area contributed by atoms with Gasteiger partial charge in [0.15, 0.2) is 0 Å². The molecule has 0 aromatic heterocycles. The average Bonchev–Trinajstić information content (AvgIpc) is 1.79. The van der Waals surface area contributed by atoms with E-state index < -0.39 is 23.4 Å². The van der Waals surface area contributed by atoms with Gasteiger partial charge in [-0.15, -0.1) is 0 Å². The summed E-state index contributed by atoms with van der Waals surface area (Å²) in [6.45, 7) is 0. The largest absolute Gasteiger partial charge is 0.481 e. The fraction of sp³-hybridized carbons (Fsp3) is 0.667. The first-order valence-electron chi connectivity index (χ1n) is 3.21. The second-order valence-electron chi connectivity index (χ2n) is 2.90. The lowest BCUT2D eigenvalue weighted by atomic mass is 9.69. The normalized spacial score (nSPS) is 35.9. The van der Waals surface area contributed by atoms with Crippen LogP contribution in [0.3, 0.4) is 0 Å². The maximum Gasteiger partial charge on any atom is 0.323 e. The Bertz CT molecular complexity index is 207. The Hall–Kier alpha value is -1.10. The van der Waals surface area contributed by atoms with Gasteiger partial charge in [0.05, 0.1) is 5.92 Å². The third-order valence-electron chi connectivity index (χ3n) is 2.00. The van der Waals surface area contributed by atoms with Crippen molar-refractivity contribution in [3.63, 3.8) is 0 Å². The molecule has 0 aromatic rings. The molecule has 0 amide bonds. The molecular weight excluding hydrogens is 150 g/mol. The monoisotopic (exact) mass is 159 g/mol. The van der Waals surface area contributed by atoms with Crippen molar-refractivity contribution >= 4 is 11.9 Å². The molecule has 1 fully saturated rings. The van der Waals surface area contributed by atoms with E-state index in [-0.39, 0.29) is 12.8 Å². The van der Waals surface area contributed by atoms with Crippen LogP contribution in [-0.2, 0) is 9.59 Å². The standard InChI is InChI=1S/C6H9NO4/c7-6(5(10)11)1-3(2-6)4(8)9/h3H,1-2,7H2,(H,8,9)(H,10,11)/t3-,6-. The van der Waals surface area contributed by atoms with Gasteiger partial charge in [0.1, 0.15) is 5.54 Å². The lowest BCUT2D eigenvalue weighted by Crippen LogP contribution is -2.59. The molecule has 0 unspecified atom stereocenters. The smallest absolute Gasteiger partial charge is 0.323 e. The van der Waals surface area contributed by atoms with Crippen molar-refractivity contribution in [3.8, 4) is 0 Å². The van der Waals surface area contributed by atoms with Crippen molar-refractivity contribution in [2.75, 3.05) is 0 Å². The summed E-state index contributed by atoms with van der Waals surface area (Å²) in [4.78, 5) is 20.6. The van der Waals surface area contributed by atoms with Crippen molar-refractivity contribution in [1.82, 2.24) is 0 Å². The predicted molar refractivity (Wildman–Crippen MR) is 34.9 cm³/mol. The molecule has 0 atom stereocenters. The Morgan fingerprint density at radius 3 is 2.09 bits per heavy atom. The van der Waals surface area contributed by atoms with Gasteiger partial charge in [-0.3, -0.25) is 9.59 Å². The number of hydrogen-bond donors (Lipinski definition) is 3. The summed E-state index contributed by atoms with van der Waals surface area (Å²) in [7, 11) is 0. The van der Waals surface area contributed by atoms with Crippen molar-refractivity contribution in [2.45, 2.75) is 18.4 Å². The molecule has 0 aliphatic heterocycles. The van der Waals surface area contributed by atoms with Crippen molar-refractivity contribution in [1.29, 1.82) is 0 Å². The van der Waals surface area contributed by atoms with Gasteiger partial charge >= 0.3 is 11.9 Å². The van der Waals surface area contributed by atoms with E-state index in [4.69, 9.17) is 15.9 Å². The SMILES string of the molecule is N[C@]1(C(=O)O)C[C@@H](C(=O)O)C1. The van der Waals surface area contributed by atoms with Crippen LogP contribution in [0, 0.1) is 5.92 Å². The highest BCUT2D eigenvalue weighted by Crippen LogP contribution is 2.35. The molecule has 0 heterocycles. The maximum absolute atomic E-state index is 10.4. The fourth-order valence-corrected chi connectivity index (χ4v) is 1.17. The Labute approximate surface area is 62.8 Å². The summed E-state index contributed by atoms with van der Waals surface area (Å²) in [5.41, 5.74) is 4.02. The third-order valence-corrected chi connectivity index (χ3v) is 2.00. The molecule has 0 aromatic carbocycles. The Morgan fingerprint density at radius 1 is 1.36 bits per heavy atom. The minimum Gasteiger partial charge on any atom is -0.481 e. The Balaban J connectivity index is 2.50. The predicted octanol–water partition coefficient (Wildman–Crippen LogP) is -0.737. The zero-order chi connectivity index (χ0) is 8.65. The Kier molecular flexibility index (Phi) is 1.60. The summed E-state index contributed by atoms with van der Waals surface area (Å²) in [5.74, 6) is -2.65. The fourth-order valence-electron chi connectivity index (χ4n) is 1.17. The topological polar surface area (TPSA) is 101 Å². The summed E-state index contributed by atoms with van der Waals surface area (Å²) < 4.78 is 0. The lowest BCUT2D eigenvalue weighted by molar-refractivity contribution is -0.156. The number of hydrogen-bond acceptors (Lipinski definition) is 3. The molecule has 62 valence electrons.